The van der Waals surface area contributed by atoms with Crippen LogP contribution in [0.1, 0.15) is 18.9 Å². The molecule has 3 heteroatoms. The van der Waals surface area contributed by atoms with Gasteiger partial charge in [0.1, 0.15) is 0 Å². The zero-order chi connectivity index (χ0) is 9.84. The summed E-state index contributed by atoms with van der Waals surface area (Å²) < 4.78 is 25.7. The van der Waals surface area contributed by atoms with Gasteiger partial charge < -0.3 is 0 Å². The molecule has 1 aromatic rings. The van der Waals surface area contributed by atoms with Crippen molar-refractivity contribution in [3.05, 3.63) is 35.4 Å². The zero-order valence-electron chi connectivity index (χ0n) is 7.36. The van der Waals surface area contributed by atoms with Crippen LogP contribution in [0.15, 0.2) is 18.2 Å². The van der Waals surface area contributed by atoms with E-state index in [1.165, 1.54) is 6.07 Å². The molecule has 0 saturated carbocycles. The monoisotopic (exact) mass is 204 g/mol. The Hall–Kier alpha value is -0.630. The van der Waals surface area contributed by atoms with E-state index in [0.29, 0.717) is 18.4 Å². The number of hydrogen-bond donors (Lipinski definition) is 0. The Labute approximate surface area is 81.5 Å². The van der Waals surface area contributed by atoms with E-state index in [2.05, 4.69) is 0 Å². The van der Waals surface area contributed by atoms with E-state index in [9.17, 15) is 8.78 Å². The molecule has 0 aliphatic heterocycles. The van der Waals surface area contributed by atoms with E-state index in [1.807, 2.05) is 6.92 Å². The van der Waals surface area contributed by atoms with Gasteiger partial charge >= 0.3 is 0 Å². The largest absolute Gasteiger partial charge is 0.204 e. The first kappa shape index (κ1) is 10.5. The third-order valence-electron chi connectivity index (χ3n) is 1.84. The van der Waals surface area contributed by atoms with Gasteiger partial charge in [-0.05, 0) is 31.4 Å². The smallest absolute Gasteiger partial charge is 0.162 e. The third kappa shape index (κ3) is 2.96. The van der Waals surface area contributed by atoms with E-state index in [4.69, 9.17) is 11.6 Å². The highest BCUT2D eigenvalue weighted by Crippen LogP contribution is 2.15. The average molecular weight is 205 g/mol. The van der Waals surface area contributed by atoms with E-state index in [0.717, 1.165) is 6.07 Å². The van der Waals surface area contributed by atoms with Crippen molar-refractivity contribution >= 4 is 11.6 Å². The van der Waals surface area contributed by atoms with Crippen molar-refractivity contribution in [2.24, 2.45) is 0 Å². The Balaban J connectivity index is 2.71. The van der Waals surface area contributed by atoms with E-state index in [-0.39, 0.29) is 5.38 Å². The molecule has 1 atom stereocenters. The van der Waals surface area contributed by atoms with Crippen LogP contribution in [0.5, 0.6) is 0 Å². The van der Waals surface area contributed by atoms with Crippen molar-refractivity contribution in [3.63, 3.8) is 0 Å². The lowest BCUT2D eigenvalue weighted by Crippen LogP contribution is -1.98. The Morgan fingerprint density at radius 2 is 2.08 bits per heavy atom. The fourth-order valence-electron chi connectivity index (χ4n) is 1.10. The summed E-state index contributed by atoms with van der Waals surface area (Å²) in [7, 11) is 0. The van der Waals surface area contributed by atoms with Crippen LogP contribution in [-0.2, 0) is 6.42 Å². The predicted molar refractivity (Wildman–Crippen MR) is 50.0 cm³/mol. The van der Waals surface area contributed by atoms with Crippen LogP contribution in [0.25, 0.3) is 0 Å². The molecule has 0 aromatic heterocycles. The normalized spacial score (nSPS) is 12.9. The van der Waals surface area contributed by atoms with E-state index >= 15 is 0 Å². The summed E-state index contributed by atoms with van der Waals surface area (Å²) >= 11 is 5.70. The number of alkyl halides is 1. The van der Waals surface area contributed by atoms with E-state index < -0.39 is 11.6 Å². The van der Waals surface area contributed by atoms with Gasteiger partial charge in [-0.25, -0.2) is 8.78 Å². The van der Waals surface area contributed by atoms with Gasteiger partial charge in [0.2, 0.25) is 0 Å². The Kier molecular flexibility index (Phi) is 3.67. The molecule has 0 heterocycles. The van der Waals surface area contributed by atoms with Crippen LogP contribution in [0.2, 0.25) is 0 Å². The van der Waals surface area contributed by atoms with Crippen molar-refractivity contribution in [1.82, 2.24) is 0 Å². The lowest BCUT2D eigenvalue weighted by Gasteiger charge is -2.04. The minimum Gasteiger partial charge on any atom is -0.204 e. The summed E-state index contributed by atoms with van der Waals surface area (Å²) in [5.41, 5.74) is 0.396. The van der Waals surface area contributed by atoms with Crippen LogP contribution in [0.3, 0.4) is 0 Å². The van der Waals surface area contributed by atoms with Crippen molar-refractivity contribution in [2.75, 3.05) is 0 Å². The van der Waals surface area contributed by atoms with Crippen LogP contribution < -0.4 is 0 Å². The minimum absolute atomic E-state index is 0.0114. The quantitative estimate of drug-likeness (QED) is 0.661. The number of aryl methyl sites for hydroxylation is 1. The molecular formula is C10H11ClF2. The van der Waals surface area contributed by atoms with Gasteiger partial charge in [-0.1, -0.05) is 12.1 Å². The lowest BCUT2D eigenvalue weighted by atomic mass is 10.1. The molecular weight excluding hydrogens is 194 g/mol. The van der Waals surface area contributed by atoms with E-state index in [1.54, 1.807) is 6.07 Å². The molecule has 0 radical (unpaired) electrons. The lowest BCUT2D eigenvalue weighted by molar-refractivity contribution is 0.497. The molecule has 0 N–H and O–H groups in total. The van der Waals surface area contributed by atoms with Crippen molar-refractivity contribution in [1.29, 1.82) is 0 Å². The van der Waals surface area contributed by atoms with Crippen molar-refractivity contribution in [2.45, 2.75) is 25.1 Å². The maximum absolute atomic E-state index is 13.0. The first-order valence-corrected chi connectivity index (χ1v) is 4.62. The highest BCUT2D eigenvalue weighted by atomic mass is 35.5. The molecule has 0 fully saturated rings. The molecule has 0 saturated heterocycles. The van der Waals surface area contributed by atoms with Gasteiger partial charge in [0, 0.05) is 5.38 Å². The number of benzene rings is 1. The van der Waals surface area contributed by atoms with Gasteiger partial charge in [0.05, 0.1) is 0 Å². The zero-order valence-corrected chi connectivity index (χ0v) is 8.11. The number of hydrogen-bond acceptors (Lipinski definition) is 0. The Bertz CT molecular complexity index is 284. The minimum atomic E-state index is -0.792. The summed E-state index contributed by atoms with van der Waals surface area (Å²) in [5, 5.41) is -0.0114. The van der Waals surface area contributed by atoms with Gasteiger partial charge in [0.15, 0.2) is 11.6 Å². The summed E-state index contributed by atoms with van der Waals surface area (Å²) in [6.07, 6.45) is 1.14. The van der Waals surface area contributed by atoms with Gasteiger partial charge in [0.25, 0.3) is 0 Å². The highest BCUT2D eigenvalue weighted by molar-refractivity contribution is 6.20. The second kappa shape index (κ2) is 4.56. The molecule has 13 heavy (non-hydrogen) atoms. The number of halogens is 3. The molecule has 1 rings (SSSR count). The van der Waals surface area contributed by atoms with Crippen LogP contribution >= 0.6 is 11.6 Å². The van der Waals surface area contributed by atoms with Crippen molar-refractivity contribution in [3.8, 4) is 0 Å². The molecule has 0 nitrogen and oxygen atoms in total. The fourth-order valence-corrected chi connectivity index (χ4v) is 1.21. The highest BCUT2D eigenvalue weighted by Gasteiger charge is 2.07. The molecule has 0 aliphatic rings. The maximum Gasteiger partial charge on any atom is 0.162 e. The first-order chi connectivity index (χ1) is 6.11. The first-order valence-electron chi connectivity index (χ1n) is 4.18. The van der Waals surface area contributed by atoms with Crippen molar-refractivity contribution < 1.29 is 8.78 Å². The average Bonchev–Trinajstić information content (AvgIpc) is 2.07. The van der Waals surface area contributed by atoms with Crippen LogP contribution in [-0.4, -0.2) is 5.38 Å². The van der Waals surface area contributed by atoms with Gasteiger partial charge in [-0.15, -0.1) is 11.6 Å². The summed E-state index contributed by atoms with van der Waals surface area (Å²) in [6, 6.07) is 4.20. The summed E-state index contributed by atoms with van der Waals surface area (Å²) in [6.45, 7) is 1.83. The number of rotatable bonds is 3. The summed E-state index contributed by atoms with van der Waals surface area (Å²) in [5.74, 6) is -1.54. The van der Waals surface area contributed by atoms with Gasteiger partial charge in [-0.2, -0.15) is 0 Å². The second-order valence-electron chi connectivity index (χ2n) is 3.03. The standard InChI is InChI=1S/C10H11ClF2/c1-7(11)5-6-8-3-2-4-9(12)10(8)13/h2-4,7H,5-6H2,1H3. The molecule has 72 valence electrons. The SMILES string of the molecule is CC(Cl)CCc1cccc(F)c1F. The molecule has 0 amide bonds. The third-order valence-corrected chi connectivity index (χ3v) is 2.06. The predicted octanol–water partition coefficient (Wildman–Crippen LogP) is 3.52. The maximum atomic E-state index is 13.0. The Morgan fingerprint density at radius 1 is 1.38 bits per heavy atom. The van der Waals surface area contributed by atoms with Gasteiger partial charge in [-0.3, -0.25) is 0 Å². The fraction of sp³-hybridized carbons (Fsp3) is 0.400. The molecule has 0 aliphatic carbocycles. The topological polar surface area (TPSA) is 0 Å². The van der Waals surface area contributed by atoms with Crippen LogP contribution in [0.4, 0.5) is 8.78 Å². The summed E-state index contributed by atoms with van der Waals surface area (Å²) in [4.78, 5) is 0. The Morgan fingerprint density at radius 3 is 2.69 bits per heavy atom. The molecule has 0 spiro atoms. The second-order valence-corrected chi connectivity index (χ2v) is 3.78. The molecule has 1 unspecified atom stereocenters. The molecule has 1 aromatic carbocycles. The van der Waals surface area contributed by atoms with Crippen LogP contribution in [0, 0.1) is 11.6 Å². The molecule has 0 bridgehead atoms.